The van der Waals surface area contributed by atoms with Gasteiger partial charge in [-0.05, 0) is 30.2 Å². The zero-order valence-electron chi connectivity index (χ0n) is 11.3. The molecule has 1 atom stereocenters. The quantitative estimate of drug-likeness (QED) is 0.854. The molecule has 19 heavy (non-hydrogen) atoms. The molecule has 0 saturated heterocycles. The molecule has 0 radical (unpaired) electrons. The van der Waals surface area contributed by atoms with E-state index >= 15 is 0 Å². The number of anilines is 1. The van der Waals surface area contributed by atoms with Gasteiger partial charge in [0, 0.05) is 11.6 Å². The van der Waals surface area contributed by atoms with Crippen molar-refractivity contribution in [1.82, 2.24) is 0 Å². The highest BCUT2D eigenvalue weighted by atomic mass is 16.4. The van der Waals surface area contributed by atoms with Crippen LogP contribution in [0, 0.1) is 11.8 Å². The van der Waals surface area contributed by atoms with Crippen molar-refractivity contribution >= 4 is 17.6 Å². The predicted molar refractivity (Wildman–Crippen MR) is 72.1 cm³/mol. The first-order valence-electron chi connectivity index (χ1n) is 6.15. The fourth-order valence-corrected chi connectivity index (χ4v) is 1.60. The molecule has 0 spiro atoms. The molecule has 1 aromatic rings. The summed E-state index contributed by atoms with van der Waals surface area (Å²) in [6, 6.07) is 5.92. The lowest BCUT2D eigenvalue weighted by molar-refractivity contribution is -0.137. The molecule has 1 aromatic carbocycles. The summed E-state index contributed by atoms with van der Waals surface area (Å²) < 4.78 is 0. The molecule has 104 valence electrons. The Kier molecular flexibility index (Phi) is 4.92. The van der Waals surface area contributed by atoms with E-state index in [2.05, 4.69) is 0 Å². The third-order valence-corrected chi connectivity index (χ3v) is 3.11. The molecule has 5 heteroatoms. The van der Waals surface area contributed by atoms with Crippen LogP contribution in [0.15, 0.2) is 24.3 Å². The first kappa shape index (κ1) is 15.0. The van der Waals surface area contributed by atoms with Crippen LogP contribution in [0.4, 0.5) is 5.69 Å². The van der Waals surface area contributed by atoms with E-state index in [-0.39, 0.29) is 30.0 Å². The van der Waals surface area contributed by atoms with E-state index in [4.69, 9.17) is 5.11 Å². The van der Waals surface area contributed by atoms with Gasteiger partial charge >= 0.3 is 5.97 Å². The lowest BCUT2D eigenvalue weighted by Crippen LogP contribution is -2.40. The number of hydrogen-bond donors (Lipinski definition) is 2. The summed E-state index contributed by atoms with van der Waals surface area (Å²) in [6.45, 7) is 5.22. The molecule has 0 aliphatic carbocycles. The molecule has 0 bridgehead atoms. The van der Waals surface area contributed by atoms with Crippen LogP contribution in [-0.2, 0) is 9.59 Å². The van der Waals surface area contributed by atoms with Crippen LogP contribution >= 0.6 is 0 Å². The van der Waals surface area contributed by atoms with Crippen LogP contribution in [0.3, 0.4) is 0 Å². The number of nitrogens with zero attached hydrogens (tertiary/aromatic N) is 1. The molecule has 0 aliphatic heterocycles. The minimum Gasteiger partial charge on any atom is -0.508 e. The van der Waals surface area contributed by atoms with Gasteiger partial charge in [0.25, 0.3) is 0 Å². The minimum absolute atomic E-state index is 0.0726. The Hall–Kier alpha value is -2.04. The molecule has 0 aliphatic rings. The zero-order chi connectivity index (χ0) is 14.6. The second-order valence-corrected chi connectivity index (χ2v) is 4.87. The average Bonchev–Trinajstić information content (AvgIpc) is 2.35. The largest absolute Gasteiger partial charge is 0.508 e. The van der Waals surface area contributed by atoms with E-state index in [0.717, 1.165) is 0 Å². The molecule has 2 N–H and O–H groups in total. The fraction of sp³-hybridized carbons (Fsp3) is 0.429. The molecule has 0 fully saturated rings. The number of phenolic OH excluding ortho intramolecular Hbond substituents is 1. The Labute approximate surface area is 112 Å². The van der Waals surface area contributed by atoms with Crippen LogP contribution < -0.4 is 4.90 Å². The van der Waals surface area contributed by atoms with Crippen molar-refractivity contribution in [2.24, 2.45) is 11.8 Å². The molecule has 1 rings (SSSR count). The standard InChI is InChI=1S/C14H19NO4/c1-9(2)10(3)14(19)15(8-13(17)18)11-4-6-12(16)7-5-11/h4-7,9-10,16H,8H2,1-3H3,(H,17,18). The van der Waals surface area contributed by atoms with Crippen molar-refractivity contribution in [1.29, 1.82) is 0 Å². The Morgan fingerprint density at radius 2 is 1.68 bits per heavy atom. The van der Waals surface area contributed by atoms with Crippen molar-refractivity contribution < 1.29 is 19.8 Å². The monoisotopic (exact) mass is 265 g/mol. The Bertz CT molecular complexity index is 453. The SMILES string of the molecule is CC(C)C(C)C(=O)N(CC(=O)O)c1ccc(O)cc1. The second-order valence-electron chi connectivity index (χ2n) is 4.87. The van der Waals surface area contributed by atoms with E-state index in [1.807, 2.05) is 13.8 Å². The molecule has 0 heterocycles. The number of hydrogen-bond acceptors (Lipinski definition) is 3. The summed E-state index contributed by atoms with van der Waals surface area (Å²) in [6.07, 6.45) is 0. The van der Waals surface area contributed by atoms with Gasteiger partial charge in [0.2, 0.25) is 5.91 Å². The summed E-state index contributed by atoms with van der Waals surface area (Å²) in [5.41, 5.74) is 0.470. The van der Waals surface area contributed by atoms with Gasteiger partial charge in [-0.15, -0.1) is 0 Å². The van der Waals surface area contributed by atoms with Crippen molar-refractivity contribution in [2.75, 3.05) is 11.4 Å². The maximum atomic E-state index is 12.3. The third-order valence-electron chi connectivity index (χ3n) is 3.11. The highest BCUT2D eigenvalue weighted by Crippen LogP contribution is 2.22. The van der Waals surface area contributed by atoms with E-state index in [0.29, 0.717) is 5.69 Å². The number of carboxylic acids is 1. The lowest BCUT2D eigenvalue weighted by atomic mass is 9.96. The third kappa shape index (κ3) is 3.98. The van der Waals surface area contributed by atoms with Crippen molar-refractivity contribution in [3.05, 3.63) is 24.3 Å². The molecule has 0 aromatic heterocycles. The predicted octanol–water partition coefficient (Wildman–Crippen LogP) is 2.10. The van der Waals surface area contributed by atoms with Gasteiger partial charge in [0.1, 0.15) is 12.3 Å². The highest BCUT2D eigenvalue weighted by Gasteiger charge is 2.25. The molecule has 1 amide bonds. The summed E-state index contributed by atoms with van der Waals surface area (Å²) in [7, 11) is 0. The minimum atomic E-state index is -1.07. The van der Waals surface area contributed by atoms with Crippen LogP contribution in [0.1, 0.15) is 20.8 Å². The van der Waals surface area contributed by atoms with E-state index in [9.17, 15) is 14.7 Å². The fourth-order valence-electron chi connectivity index (χ4n) is 1.60. The molecule has 0 saturated carbocycles. The van der Waals surface area contributed by atoms with Gasteiger partial charge in [-0.3, -0.25) is 9.59 Å². The second kappa shape index (κ2) is 6.22. The van der Waals surface area contributed by atoms with Crippen molar-refractivity contribution in [2.45, 2.75) is 20.8 Å². The first-order valence-corrected chi connectivity index (χ1v) is 6.15. The van der Waals surface area contributed by atoms with E-state index < -0.39 is 5.97 Å². The Balaban J connectivity index is 3.04. The number of aromatic hydroxyl groups is 1. The number of carbonyl (C=O) groups is 2. The van der Waals surface area contributed by atoms with Crippen LogP contribution in [-0.4, -0.2) is 28.6 Å². The van der Waals surface area contributed by atoms with Crippen molar-refractivity contribution in [3.63, 3.8) is 0 Å². The van der Waals surface area contributed by atoms with E-state index in [1.54, 1.807) is 6.92 Å². The summed E-state index contributed by atoms with van der Waals surface area (Å²) in [4.78, 5) is 24.4. The maximum absolute atomic E-state index is 12.3. The molecule has 5 nitrogen and oxygen atoms in total. The highest BCUT2D eigenvalue weighted by molar-refractivity contribution is 5.98. The number of benzene rings is 1. The molecular weight excluding hydrogens is 246 g/mol. The van der Waals surface area contributed by atoms with Gasteiger partial charge in [-0.2, -0.15) is 0 Å². The van der Waals surface area contributed by atoms with Crippen LogP contribution in [0.25, 0.3) is 0 Å². The van der Waals surface area contributed by atoms with Crippen LogP contribution in [0.2, 0.25) is 0 Å². The summed E-state index contributed by atoms with van der Waals surface area (Å²) >= 11 is 0. The molecular formula is C14H19NO4. The number of carboxylic acid groups (broad SMARTS) is 1. The Morgan fingerprint density at radius 1 is 1.16 bits per heavy atom. The smallest absolute Gasteiger partial charge is 0.323 e. The van der Waals surface area contributed by atoms with Crippen molar-refractivity contribution in [3.8, 4) is 5.75 Å². The zero-order valence-corrected chi connectivity index (χ0v) is 11.3. The van der Waals surface area contributed by atoms with Gasteiger partial charge in [0.15, 0.2) is 0 Å². The number of amides is 1. The van der Waals surface area contributed by atoms with E-state index in [1.165, 1.54) is 29.2 Å². The number of rotatable bonds is 5. The number of carbonyl (C=O) groups excluding carboxylic acids is 1. The first-order chi connectivity index (χ1) is 8.82. The van der Waals surface area contributed by atoms with Gasteiger partial charge in [-0.25, -0.2) is 0 Å². The summed E-state index contributed by atoms with van der Waals surface area (Å²) in [5.74, 6) is -1.38. The van der Waals surface area contributed by atoms with Crippen LogP contribution in [0.5, 0.6) is 5.75 Å². The summed E-state index contributed by atoms with van der Waals surface area (Å²) in [5, 5.41) is 18.2. The maximum Gasteiger partial charge on any atom is 0.323 e. The van der Waals surface area contributed by atoms with Gasteiger partial charge < -0.3 is 15.1 Å². The normalized spacial score (nSPS) is 12.2. The number of aliphatic carboxylic acids is 1. The van der Waals surface area contributed by atoms with Gasteiger partial charge in [0.05, 0.1) is 0 Å². The Morgan fingerprint density at radius 3 is 2.11 bits per heavy atom. The average molecular weight is 265 g/mol. The molecule has 1 unspecified atom stereocenters. The topological polar surface area (TPSA) is 77.8 Å². The number of phenols is 1. The lowest BCUT2D eigenvalue weighted by Gasteiger charge is -2.26. The van der Waals surface area contributed by atoms with Gasteiger partial charge in [-0.1, -0.05) is 20.8 Å².